The number of nitrogens with zero attached hydrogens (tertiary/aromatic N) is 4. The molecule has 1 aromatic carbocycles. The van der Waals surface area contributed by atoms with Gasteiger partial charge in [-0.2, -0.15) is 5.10 Å². The van der Waals surface area contributed by atoms with Crippen LogP contribution in [0.2, 0.25) is 0 Å². The molecule has 9 heteroatoms. The Morgan fingerprint density at radius 1 is 1.28 bits per heavy atom. The lowest BCUT2D eigenvalue weighted by Gasteiger charge is -2.20. The van der Waals surface area contributed by atoms with Gasteiger partial charge in [0.15, 0.2) is 11.5 Å². The van der Waals surface area contributed by atoms with Crippen molar-refractivity contribution in [2.75, 3.05) is 18.6 Å². The van der Waals surface area contributed by atoms with Gasteiger partial charge >= 0.3 is 0 Å². The smallest absolute Gasteiger partial charge is 0.275 e. The van der Waals surface area contributed by atoms with E-state index in [4.69, 9.17) is 4.74 Å². The van der Waals surface area contributed by atoms with Gasteiger partial charge in [0.05, 0.1) is 24.1 Å². The van der Waals surface area contributed by atoms with E-state index in [1.54, 1.807) is 49.6 Å². The Morgan fingerprint density at radius 2 is 2.07 bits per heavy atom. The van der Waals surface area contributed by atoms with Crippen molar-refractivity contribution in [2.45, 2.75) is 12.6 Å². The lowest BCUT2D eigenvalue weighted by Crippen LogP contribution is -2.49. The summed E-state index contributed by atoms with van der Waals surface area (Å²) in [6.45, 7) is 0.150. The molecule has 1 atom stereocenters. The Hall–Kier alpha value is -3.75. The van der Waals surface area contributed by atoms with Crippen molar-refractivity contribution in [1.29, 1.82) is 0 Å². The van der Waals surface area contributed by atoms with Crippen LogP contribution in [0.3, 0.4) is 0 Å². The molecule has 8 nitrogen and oxygen atoms in total. The predicted molar refractivity (Wildman–Crippen MR) is 102 cm³/mol. The molecule has 1 unspecified atom stereocenters. The fourth-order valence-electron chi connectivity index (χ4n) is 3.07. The van der Waals surface area contributed by atoms with Gasteiger partial charge in [-0.05, 0) is 24.3 Å². The molecule has 1 aliphatic rings. The van der Waals surface area contributed by atoms with Gasteiger partial charge in [-0.15, -0.1) is 0 Å². The first-order valence-corrected chi connectivity index (χ1v) is 8.96. The molecule has 3 aromatic rings. The molecule has 0 spiro atoms. The molecule has 4 rings (SSSR count). The fraction of sp³-hybridized carbons (Fsp3) is 0.200. The summed E-state index contributed by atoms with van der Waals surface area (Å²) < 4.78 is 21.2. The number of fused-ring (bicyclic) bond motifs is 1. The first kappa shape index (κ1) is 18.6. The maximum atomic E-state index is 14.3. The molecule has 0 radical (unpaired) electrons. The van der Waals surface area contributed by atoms with E-state index in [2.05, 4.69) is 15.4 Å². The van der Waals surface area contributed by atoms with Crippen molar-refractivity contribution in [3.05, 3.63) is 72.1 Å². The number of amides is 2. The predicted octanol–water partition coefficient (Wildman–Crippen LogP) is 1.62. The van der Waals surface area contributed by atoms with Gasteiger partial charge in [0.25, 0.3) is 11.8 Å². The second-order valence-electron chi connectivity index (χ2n) is 6.55. The van der Waals surface area contributed by atoms with E-state index in [1.165, 1.54) is 9.58 Å². The number of nitrogens with one attached hydrogen (secondary N) is 1. The van der Waals surface area contributed by atoms with E-state index in [-0.39, 0.29) is 19.1 Å². The highest BCUT2D eigenvalue weighted by atomic mass is 19.1. The van der Waals surface area contributed by atoms with Crippen molar-refractivity contribution >= 4 is 17.5 Å². The van der Waals surface area contributed by atoms with Gasteiger partial charge in [-0.25, -0.2) is 4.39 Å². The Morgan fingerprint density at radius 3 is 2.86 bits per heavy atom. The third-order valence-electron chi connectivity index (χ3n) is 4.55. The lowest BCUT2D eigenvalue weighted by molar-refractivity contribution is -0.120. The monoisotopic (exact) mass is 395 g/mol. The molecular weight excluding hydrogens is 377 g/mol. The van der Waals surface area contributed by atoms with E-state index in [1.807, 2.05) is 6.07 Å². The van der Waals surface area contributed by atoms with Gasteiger partial charge in [-0.3, -0.25) is 19.3 Å². The largest absolute Gasteiger partial charge is 0.489 e. The molecule has 0 saturated heterocycles. The number of hydrogen-bond acceptors (Lipinski definition) is 5. The number of aromatic nitrogens is 3. The number of ether oxygens (including phenoxy) is 1. The molecule has 1 aliphatic heterocycles. The number of rotatable bonds is 4. The van der Waals surface area contributed by atoms with E-state index in [0.717, 1.165) is 6.20 Å². The van der Waals surface area contributed by atoms with Crippen LogP contribution in [0.1, 0.15) is 16.2 Å². The molecule has 0 aliphatic carbocycles. The van der Waals surface area contributed by atoms with Crippen LogP contribution in [0.5, 0.6) is 5.75 Å². The summed E-state index contributed by atoms with van der Waals surface area (Å²) >= 11 is 0. The zero-order chi connectivity index (χ0) is 20.4. The standard InChI is InChI=1S/C20H18FN5O3/c1-25-16-7-2-3-8-17(16)29-12-15(20(25)28)23-19(27)18-14(21)11-26(24-18)10-13-6-4-5-9-22-13/h2-9,11,15H,10,12H2,1H3,(H,23,27). The molecular formula is C20H18FN5O3. The third-order valence-corrected chi connectivity index (χ3v) is 4.55. The lowest BCUT2D eigenvalue weighted by atomic mass is 10.2. The molecule has 29 heavy (non-hydrogen) atoms. The van der Waals surface area contributed by atoms with Crippen LogP contribution in [-0.4, -0.2) is 46.3 Å². The minimum Gasteiger partial charge on any atom is -0.489 e. The minimum atomic E-state index is -0.972. The number of anilines is 1. The minimum absolute atomic E-state index is 0.0673. The summed E-state index contributed by atoms with van der Waals surface area (Å²) in [5, 5.41) is 6.52. The topological polar surface area (TPSA) is 89.4 Å². The highest BCUT2D eigenvalue weighted by Crippen LogP contribution is 2.29. The summed E-state index contributed by atoms with van der Waals surface area (Å²) in [5.74, 6) is -1.40. The zero-order valence-electron chi connectivity index (χ0n) is 15.6. The second-order valence-corrected chi connectivity index (χ2v) is 6.55. The molecule has 0 bridgehead atoms. The normalized spacial score (nSPS) is 16.0. The third kappa shape index (κ3) is 3.79. The highest BCUT2D eigenvalue weighted by molar-refractivity contribution is 6.02. The molecule has 1 N–H and O–H groups in total. The highest BCUT2D eigenvalue weighted by Gasteiger charge is 2.31. The second kappa shape index (κ2) is 7.70. The molecule has 148 valence electrons. The number of pyridine rings is 1. The number of benzene rings is 1. The summed E-state index contributed by atoms with van der Waals surface area (Å²) in [4.78, 5) is 30.8. The van der Waals surface area contributed by atoms with Crippen LogP contribution in [0, 0.1) is 5.82 Å². The summed E-state index contributed by atoms with van der Waals surface area (Å²) in [6, 6.07) is 11.4. The maximum absolute atomic E-state index is 14.3. The quantitative estimate of drug-likeness (QED) is 0.725. The summed E-state index contributed by atoms with van der Waals surface area (Å²) in [7, 11) is 1.59. The molecule has 2 amide bonds. The van der Waals surface area contributed by atoms with Gasteiger partial charge in [-0.1, -0.05) is 18.2 Å². The average molecular weight is 395 g/mol. The van der Waals surface area contributed by atoms with Gasteiger partial charge < -0.3 is 15.0 Å². The van der Waals surface area contributed by atoms with Crippen molar-refractivity contribution in [2.24, 2.45) is 0 Å². The van der Waals surface area contributed by atoms with Gasteiger partial charge in [0.2, 0.25) is 0 Å². The van der Waals surface area contributed by atoms with Crippen molar-refractivity contribution < 1.29 is 18.7 Å². The van der Waals surface area contributed by atoms with Crippen LogP contribution >= 0.6 is 0 Å². The van der Waals surface area contributed by atoms with Crippen molar-refractivity contribution in [3.63, 3.8) is 0 Å². The number of para-hydroxylation sites is 2. The average Bonchev–Trinajstić information content (AvgIpc) is 3.05. The molecule has 3 heterocycles. The van der Waals surface area contributed by atoms with E-state index in [0.29, 0.717) is 17.1 Å². The van der Waals surface area contributed by atoms with Gasteiger partial charge in [0, 0.05) is 13.2 Å². The Labute approximate surface area is 165 Å². The van der Waals surface area contributed by atoms with E-state index >= 15 is 0 Å². The number of carbonyl (C=O) groups is 2. The van der Waals surface area contributed by atoms with Crippen LogP contribution < -0.4 is 15.0 Å². The van der Waals surface area contributed by atoms with Gasteiger partial charge in [0.1, 0.15) is 18.4 Å². The first-order valence-electron chi connectivity index (χ1n) is 8.96. The molecule has 0 saturated carbocycles. The fourth-order valence-corrected chi connectivity index (χ4v) is 3.07. The Kier molecular flexibility index (Phi) is 4.94. The van der Waals surface area contributed by atoms with Crippen molar-refractivity contribution in [3.8, 4) is 5.75 Å². The molecule has 2 aromatic heterocycles. The van der Waals surface area contributed by atoms with E-state index in [9.17, 15) is 14.0 Å². The van der Waals surface area contributed by atoms with Crippen LogP contribution in [0.4, 0.5) is 10.1 Å². The zero-order valence-corrected chi connectivity index (χ0v) is 15.6. The Bertz CT molecular complexity index is 1050. The van der Waals surface area contributed by atoms with Crippen molar-refractivity contribution in [1.82, 2.24) is 20.1 Å². The Balaban J connectivity index is 1.49. The first-order chi connectivity index (χ1) is 14.0. The number of halogens is 1. The maximum Gasteiger partial charge on any atom is 0.275 e. The molecule has 0 fully saturated rings. The summed E-state index contributed by atoms with van der Waals surface area (Å²) in [6.07, 6.45) is 2.74. The SMILES string of the molecule is CN1C(=O)C(NC(=O)c2nn(Cc3ccccn3)cc2F)COc2ccccc21. The van der Waals surface area contributed by atoms with E-state index < -0.39 is 23.5 Å². The number of hydrogen-bond donors (Lipinski definition) is 1. The van der Waals surface area contributed by atoms with Crippen LogP contribution in [0.15, 0.2) is 54.9 Å². The van der Waals surface area contributed by atoms with Crippen LogP contribution in [0.25, 0.3) is 0 Å². The van der Waals surface area contributed by atoms with Crippen LogP contribution in [-0.2, 0) is 11.3 Å². The number of likely N-dealkylation sites (N-methyl/N-ethyl adjacent to an activating group) is 1. The number of carbonyl (C=O) groups excluding carboxylic acids is 2. The summed E-state index contributed by atoms with van der Waals surface area (Å²) in [5.41, 5.74) is 0.881.